The summed E-state index contributed by atoms with van der Waals surface area (Å²) in [4.78, 5) is 23.6. The summed E-state index contributed by atoms with van der Waals surface area (Å²) in [6.45, 7) is 1.38. The number of nitrogens with one attached hydrogen (secondary N) is 1. The molecule has 0 spiro atoms. The fourth-order valence-electron chi connectivity index (χ4n) is 2.48. The zero-order valence-corrected chi connectivity index (χ0v) is 16.8. The lowest BCUT2D eigenvalue weighted by molar-refractivity contribution is -0.124. The van der Waals surface area contributed by atoms with Gasteiger partial charge in [-0.05, 0) is 43.5 Å². The normalized spacial score (nSPS) is 12.2. The van der Waals surface area contributed by atoms with E-state index in [1.54, 1.807) is 0 Å². The van der Waals surface area contributed by atoms with Gasteiger partial charge in [0.1, 0.15) is 4.90 Å². The van der Waals surface area contributed by atoms with E-state index in [1.807, 2.05) is 37.3 Å². The first-order valence-corrected chi connectivity index (χ1v) is 10.4. The Morgan fingerprint density at radius 1 is 1.18 bits per heavy atom. The smallest absolute Gasteiger partial charge is 0.338 e. The van der Waals surface area contributed by atoms with Crippen LogP contribution in [-0.4, -0.2) is 32.9 Å². The Kier molecular flexibility index (Phi) is 7.56. The predicted molar refractivity (Wildman–Crippen MR) is 105 cm³/mol. The van der Waals surface area contributed by atoms with Crippen molar-refractivity contribution in [3.8, 4) is 0 Å². The molecular formula is C19H21ClN2O5S. The second-order valence-electron chi connectivity index (χ2n) is 6.26. The molecule has 0 aliphatic heterocycles. The van der Waals surface area contributed by atoms with Crippen LogP contribution >= 0.6 is 11.6 Å². The first-order chi connectivity index (χ1) is 13.2. The summed E-state index contributed by atoms with van der Waals surface area (Å²) in [5, 5.41) is 7.69. The molecule has 150 valence electrons. The van der Waals surface area contributed by atoms with Gasteiger partial charge in [0.25, 0.3) is 5.91 Å². The van der Waals surface area contributed by atoms with E-state index in [1.165, 1.54) is 17.7 Å². The number of sulfonamides is 1. The van der Waals surface area contributed by atoms with Gasteiger partial charge in [0, 0.05) is 6.04 Å². The summed E-state index contributed by atoms with van der Waals surface area (Å²) in [7, 11) is -4.08. The zero-order valence-electron chi connectivity index (χ0n) is 15.2. The summed E-state index contributed by atoms with van der Waals surface area (Å²) in [6.07, 6.45) is 1.54. The van der Waals surface area contributed by atoms with Crippen LogP contribution in [0.5, 0.6) is 0 Å². The highest BCUT2D eigenvalue weighted by Gasteiger charge is 2.18. The number of ether oxygens (including phenoxy) is 1. The van der Waals surface area contributed by atoms with Crippen molar-refractivity contribution in [2.45, 2.75) is 30.7 Å². The second kappa shape index (κ2) is 9.68. The minimum atomic E-state index is -4.08. The number of primary sulfonamides is 1. The quantitative estimate of drug-likeness (QED) is 0.630. The second-order valence-corrected chi connectivity index (χ2v) is 8.20. The number of halogens is 1. The van der Waals surface area contributed by atoms with Gasteiger partial charge in [-0.2, -0.15) is 0 Å². The Morgan fingerprint density at radius 2 is 1.86 bits per heavy atom. The van der Waals surface area contributed by atoms with Crippen molar-refractivity contribution in [1.29, 1.82) is 0 Å². The largest absolute Gasteiger partial charge is 0.452 e. The Balaban J connectivity index is 1.84. The molecule has 1 atom stereocenters. The van der Waals surface area contributed by atoms with Gasteiger partial charge in [-0.3, -0.25) is 4.79 Å². The molecule has 7 nitrogen and oxygen atoms in total. The molecule has 1 amide bonds. The molecular weight excluding hydrogens is 404 g/mol. The summed E-state index contributed by atoms with van der Waals surface area (Å²) in [5.41, 5.74) is 1.10. The van der Waals surface area contributed by atoms with Crippen LogP contribution in [0.1, 0.15) is 29.3 Å². The van der Waals surface area contributed by atoms with Crippen molar-refractivity contribution in [2.75, 3.05) is 6.61 Å². The van der Waals surface area contributed by atoms with E-state index >= 15 is 0 Å². The van der Waals surface area contributed by atoms with Crippen molar-refractivity contribution in [3.63, 3.8) is 0 Å². The summed E-state index contributed by atoms with van der Waals surface area (Å²) in [6, 6.07) is 13.3. The van der Waals surface area contributed by atoms with Crippen LogP contribution in [0.2, 0.25) is 5.02 Å². The van der Waals surface area contributed by atoms with Gasteiger partial charge in [0.05, 0.1) is 10.6 Å². The Labute approximate surface area is 168 Å². The lowest BCUT2D eigenvalue weighted by atomic mass is 10.1. The Hall–Kier alpha value is -2.42. The standard InChI is InChI=1S/C19H21ClN2O5S/c1-13(7-8-14-5-3-2-4-6-14)22-18(23)12-27-19(24)15-9-10-16(20)17(11-15)28(21,25)26/h2-6,9-11,13H,7-8,12H2,1H3,(H,22,23)(H2,21,25,26)/t13-/m1/s1. The van der Waals surface area contributed by atoms with Crippen molar-refractivity contribution >= 4 is 33.5 Å². The van der Waals surface area contributed by atoms with E-state index in [2.05, 4.69) is 5.32 Å². The molecule has 0 bridgehead atoms. The fraction of sp³-hybridized carbons (Fsp3) is 0.263. The van der Waals surface area contributed by atoms with Crippen molar-refractivity contribution in [1.82, 2.24) is 5.32 Å². The maximum atomic E-state index is 12.1. The average Bonchev–Trinajstić information content (AvgIpc) is 2.64. The Morgan fingerprint density at radius 3 is 2.50 bits per heavy atom. The number of rotatable bonds is 8. The van der Waals surface area contributed by atoms with Crippen LogP contribution in [0, 0.1) is 0 Å². The number of hydrogen-bond donors (Lipinski definition) is 2. The lowest BCUT2D eigenvalue weighted by Gasteiger charge is -2.14. The van der Waals surface area contributed by atoms with E-state index in [0.29, 0.717) is 0 Å². The number of carbonyl (C=O) groups excluding carboxylic acids is 2. The fourth-order valence-corrected chi connectivity index (χ4v) is 3.55. The minimum absolute atomic E-state index is 0.0710. The van der Waals surface area contributed by atoms with E-state index in [4.69, 9.17) is 21.5 Å². The number of hydrogen-bond acceptors (Lipinski definition) is 5. The van der Waals surface area contributed by atoms with E-state index in [9.17, 15) is 18.0 Å². The number of esters is 1. The topological polar surface area (TPSA) is 116 Å². The van der Waals surface area contributed by atoms with Gasteiger partial charge in [-0.15, -0.1) is 0 Å². The molecule has 28 heavy (non-hydrogen) atoms. The highest BCUT2D eigenvalue weighted by molar-refractivity contribution is 7.89. The van der Waals surface area contributed by atoms with Crippen LogP contribution in [-0.2, 0) is 26.0 Å². The van der Waals surface area contributed by atoms with Gasteiger partial charge >= 0.3 is 5.97 Å². The average molecular weight is 425 g/mol. The zero-order chi connectivity index (χ0) is 20.7. The number of amides is 1. The van der Waals surface area contributed by atoms with Crippen molar-refractivity contribution in [3.05, 3.63) is 64.7 Å². The molecule has 0 aliphatic rings. The predicted octanol–water partition coefficient (Wildman–Crippen LogP) is 2.28. The maximum absolute atomic E-state index is 12.1. The maximum Gasteiger partial charge on any atom is 0.338 e. The summed E-state index contributed by atoms with van der Waals surface area (Å²) < 4.78 is 27.8. The number of nitrogens with two attached hydrogens (primary N) is 1. The Bertz CT molecular complexity index is 948. The van der Waals surface area contributed by atoms with Crippen molar-refractivity contribution in [2.24, 2.45) is 5.14 Å². The molecule has 0 aromatic heterocycles. The van der Waals surface area contributed by atoms with Gasteiger partial charge in [-0.1, -0.05) is 41.9 Å². The van der Waals surface area contributed by atoms with Gasteiger partial charge in [0.2, 0.25) is 10.0 Å². The van der Waals surface area contributed by atoms with Crippen LogP contribution in [0.4, 0.5) is 0 Å². The lowest BCUT2D eigenvalue weighted by Crippen LogP contribution is -2.36. The molecule has 2 aromatic carbocycles. The molecule has 3 N–H and O–H groups in total. The van der Waals surface area contributed by atoms with Crippen molar-refractivity contribution < 1.29 is 22.7 Å². The highest BCUT2D eigenvalue weighted by atomic mass is 35.5. The van der Waals surface area contributed by atoms with Crippen LogP contribution in [0.3, 0.4) is 0 Å². The van der Waals surface area contributed by atoms with Crippen LogP contribution in [0.25, 0.3) is 0 Å². The van der Waals surface area contributed by atoms with E-state index < -0.39 is 28.5 Å². The number of carbonyl (C=O) groups is 2. The summed E-state index contributed by atoms with van der Waals surface area (Å²) in [5.74, 6) is -1.30. The number of aryl methyl sites for hydroxylation is 1. The van der Waals surface area contributed by atoms with Gasteiger partial charge in [-0.25, -0.2) is 18.4 Å². The molecule has 2 aromatic rings. The highest BCUT2D eigenvalue weighted by Crippen LogP contribution is 2.21. The molecule has 0 fully saturated rings. The molecule has 0 unspecified atom stereocenters. The molecule has 0 aliphatic carbocycles. The molecule has 0 radical (unpaired) electrons. The van der Waals surface area contributed by atoms with Gasteiger partial charge < -0.3 is 10.1 Å². The molecule has 0 heterocycles. The molecule has 0 saturated carbocycles. The molecule has 0 saturated heterocycles. The first kappa shape index (κ1) is 21.9. The number of benzene rings is 2. The third-order valence-corrected chi connectivity index (χ3v) is 5.32. The SMILES string of the molecule is C[C@H](CCc1ccccc1)NC(=O)COC(=O)c1ccc(Cl)c(S(N)(=O)=O)c1. The third-order valence-electron chi connectivity index (χ3n) is 3.92. The van der Waals surface area contributed by atoms with Crippen LogP contribution in [0.15, 0.2) is 53.4 Å². The molecule has 9 heteroatoms. The summed E-state index contributed by atoms with van der Waals surface area (Å²) >= 11 is 5.77. The van der Waals surface area contributed by atoms with Crippen LogP contribution < -0.4 is 10.5 Å². The van der Waals surface area contributed by atoms with Gasteiger partial charge in [0.15, 0.2) is 6.61 Å². The molecule has 2 rings (SSSR count). The third kappa shape index (κ3) is 6.63. The minimum Gasteiger partial charge on any atom is -0.452 e. The van der Waals surface area contributed by atoms with E-state index in [-0.39, 0.29) is 21.5 Å². The van der Waals surface area contributed by atoms with E-state index in [0.717, 1.165) is 18.9 Å². The first-order valence-electron chi connectivity index (χ1n) is 8.49. The monoisotopic (exact) mass is 424 g/mol.